The smallest absolute Gasteiger partial charge is 0.120 e. The molecule has 4 heteroatoms. The van der Waals surface area contributed by atoms with Gasteiger partial charge in [-0.3, -0.25) is 4.99 Å². The first-order chi connectivity index (χ1) is 9.27. The number of hydrogen-bond acceptors (Lipinski definition) is 2. The van der Waals surface area contributed by atoms with Gasteiger partial charge in [-0.2, -0.15) is 0 Å². The maximum Gasteiger partial charge on any atom is 0.120 e. The highest BCUT2D eigenvalue weighted by atomic mass is 35.5. The Morgan fingerprint density at radius 1 is 1.00 bits per heavy atom. The Morgan fingerprint density at radius 2 is 1.68 bits per heavy atom. The van der Waals surface area contributed by atoms with Crippen LogP contribution in [0.5, 0.6) is 0 Å². The molecule has 0 radical (unpaired) electrons. The van der Waals surface area contributed by atoms with Crippen LogP contribution in [0.4, 0.5) is 5.69 Å². The molecule has 0 fully saturated rings. The van der Waals surface area contributed by atoms with E-state index in [0.717, 1.165) is 22.5 Å². The number of nitrogens with zero attached hydrogens (tertiary/aromatic N) is 2. The Morgan fingerprint density at radius 3 is 2.47 bits per heavy atom. The van der Waals surface area contributed by atoms with Gasteiger partial charge in [-0.1, -0.05) is 60.7 Å². The molecule has 0 saturated carbocycles. The second-order valence-electron chi connectivity index (χ2n) is 4.22. The summed E-state index contributed by atoms with van der Waals surface area (Å²) in [5.74, 6) is 0. The molecule has 2 aromatic rings. The van der Waals surface area contributed by atoms with Crippen LogP contribution in [-0.4, -0.2) is 17.2 Å². The summed E-state index contributed by atoms with van der Waals surface area (Å²) in [6.45, 7) is 0.428. The fourth-order valence-electron chi connectivity index (χ4n) is 2.12. The van der Waals surface area contributed by atoms with E-state index >= 15 is 0 Å². The molecule has 0 bridgehead atoms. The van der Waals surface area contributed by atoms with Crippen molar-refractivity contribution in [1.29, 1.82) is 0 Å². The van der Waals surface area contributed by atoms with Crippen LogP contribution in [0.15, 0.2) is 59.6 Å². The lowest BCUT2D eigenvalue weighted by Gasteiger charge is -2.16. The van der Waals surface area contributed by atoms with Gasteiger partial charge in [0.25, 0.3) is 0 Å². The summed E-state index contributed by atoms with van der Waals surface area (Å²) >= 11 is 11.6. The van der Waals surface area contributed by atoms with Crippen molar-refractivity contribution in [3.63, 3.8) is 0 Å². The van der Waals surface area contributed by atoms with E-state index in [4.69, 9.17) is 24.0 Å². The number of fused-ring (bicyclic) bond motifs is 1. The maximum absolute atomic E-state index is 6.27. The topological polar surface area (TPSA) is 15.6 Å². The van der Waals surface area contributed by atoms with E-state index < -0.39 is 0 Å². The van der Waals surface area contributed by atoms with Gasteiger partial charge in [0.15, 0.2) is 0 Å². The van der Waals surface area contributed by atoms with E-state index in [1.807, 2.05) is 54.6 Å². The Hall–Kier alpha value is -1.71. The van der Waals surface area contributed by atoms with Crippen molar-refractivity contribution in [3.05, 3.63) is 65.7 Å². The molecule has 19 heavy (non-hydrogen) atoms. The summed E-state index contributed by atoms with van der Waals surface area (Å²) in [5, 5.41) is 0. The van der Waals surface area contributed by atoms with Crippen molar-refractivity contribution >= 4 is 40.4 Å². The van der Waals surface area contributed by atoms with Gasteiger partial charge in [-0.05, 0) is 6.07 Å². The third kappa shape index (κ3) is 2.27. The van der Waals surface area contributed by atoms with E-state index in [1.165, 1.54) is 4.42 Å². The number of hydrogen-bond donors (Lipinski definition) is 0. The molecule has 3 rings (SSSR count). The minimum absolute atomic E-state index is 0.428. The largest absolute Gasteiger partial charge is 0.277 e. The van der Waals surface area contributed by atoms with E-state index in [9.17, 15) is 0 Å². The summed E-state index contributed by atoms with van der Waals surface area (Å²) in [6, 6.07) is 18.0. The lowest BCUT2D eigenvalue weighted by Crippen LogP contribution is -2.20. The molecule has 2 aromatic carbocycles. The standard InChI is InChI=1S/C15H11ClN2S/c16-18-13-9-5-4-8-12(13)15(17-10-14(18)19)11-6-2-1-3-7-11/h1-9H,10H2. The van der Waals surface area contributed by atoms with Crippen LogP contribution in [0.25, 0.3) is 0 Å². The second-order valence-corrected chi connectivity index (χ2v) is 5.03. The summed E-state index contributed by atoms with van der Waals surface area (Å²) in [4.78, 5) is 5.23. The fourth-order valence-corrected chi connectivity index (χ4v) is 2.48. The molecule has 0 spiro atoms. The van der Waals surface area contributed by atoms with Crippen molar-refractivity contribution < 1.29 is 0 Å². The zero-order chi connectivity index (χ0) is 13.2. The first-order valence-corrected chi connectivity index (χ1v) is 6.70. The molecule has 0 N–H and O–H groups in total. The van der Waals surface area contributed by atoms with Crippen molar-refractivity contribution in [1.82, 2.24) is 0 Å². The predicted octanol–water partition coefficient (Wildman–Crippen LogP) is 3.83. The lowest BCUT2D eigenvalue weighted by atomic mass is 10.0. The van der Waals surface area contributed by atoms with Crippen LogP contribution in [0.1, 0.15) is 11.1 Å². The number of para-hydroxylation sites is 1. The van der Waals surface area contributed by atoms with Gasteiger partial charge in [0.2, 0.25) is 0 Å². The summed E-state index contributed by atoms with van der Waals surface area (Å²) < 4.78 is 1.52. The van der Waals surface area contributed by atoms with Gasteiger partial charge < -0.3 is 0 Å². The molecule has 2 nitrogen and oxygen atoms in total. The van der Waals surface area contributed by atoms with Gasteiger partial charge in [-0.15, -0.1) is 0 Å². The Kier molecular flexibility index (Phi) is 3.32. The second kappa shape index (κ2) is 5.11. The van der Waals surface area contributed by atoms with Gasteiger partial charge in [0.1, 0.15) is 4.99 Å². The number of halogens is 1. The summed E-state index contributed by atoms with van der Waals surface area (Å²) in [6.07, 6.45) is 0. The first kappa shape index (κ1) is 12.3. The number of aliphatic imine (C=N–C) groups is 1. The maximum atomic E-state index is 6.27. The van der Waals surface area contributed by atoms with Gasteiger partial charge >= 0.3 is 0 Å². The third-order valence-electron chi connectivity index (χ3n) is 3.01. The molecule has 0 aliphatic carbocycles. The Labute approximate surface area is 122 Å². The van der Waals surface area contributed by atoms with Crippen LogP contribution in [0, 0.1) is 0 Å². The van der Waals surface area contributed by atoms with Crippen LogP contribution < -0.4 is 4.42 Å². The monoisotopic (exact) mass is 286 g/mol. The molecular weight excluding hydrogens is 276 g/mol. The number of benzene rings is 2. The SMILES string of the molecule is S=C1CN=C(c2ccccc2)c2ccccc2N1Cl. The van der Waals surface area contributed by atoms with Crippen LogP contribution in [0.2, 0.25) is 0 Å². The zero-order valence-corrected chi connectivity index (χ0v) is 11.7. The molecule has 0 aromatic heterocycles. The Balaban J connectivity index is 2.20. The van der Waals surface area contributed by atoms with E-state index in [-0.39, 0.29) is 0 Å². The highest BCUT2D eigenvalue weighted by Crippen LogP contribution is 2.28. The molecule has 0 amide bonds. The molecular formula is C15H11ClN2S. The minimum atomic E-state index is 0.428. The van der Waals surface area contributed by atoms with Crippen molar-refractivity contribution in [2.24, 2.45) is 4.99 Å². The van der Waals surface area contributed by atoms with Crippen LogP contribution in [-0.2, 0) is 0 Å². The molecule has 1 heterocycles. The van der Waals surface area contributed by atoms with Gasteiger partial charge in [0.05, 0.1) is 17.9 Å². The third-order valence-corrected chi connectivity index (χ3v) is 3.81. The minimum Gasteiger partial charge on any atom is -0.277 e. The molecule has 0 atom stereocenters. The van der Waals surface area contributed by atoms with Crippen molar-refractivity contribution in [3.8, 4) is 0 Å². The average molecular weight is 287 g/mol. The highest BCUT2D eigenvalue weighted by molar-refractivity contribution is 7.80. The first-order valence-electron chi connectivity index (χ1n) is 5.95. The normalized spacial score (nSPS) is 14.7. The van der Waals surface area contributed by atoms with E-state index in [0.29, 0.717) is 11.5 Å². The van der Waals surface area contributed by atoms with Gasteiger partial charge in [-0.25, -0.2) is 4.42 Å². The summed E-state index contributed by atoms with van der Waals surface area (Å²) in [5.41, 5.74) is 3.89. The van der Waals surface area contributed by atoms with Gasteiger partial charge in [0, 0.05) is 22.9 Å². The van der Waals surface area contributed by atoms with Crippen molar-refractivity contribution in [2.75, 3.05) is 11.0 Å². The average Bonchev–Trinajstić information content (AvgIpc) is 2.59. The number of thiocarbonyl (C=S) groups is 1. The molecule has 0 saturated heterocycles. The lowest BCUT2D eigenvalue weighted by molar-refractivity contribution is 1.30. The van der Waals surface area contributed by atoms with Crippen LogP contribution >= 0.6 is 24.0 Å². The fraction of sp³-hybridized carbons (Fsp3) is 0.0667. The molecule has 1 aliphatic rings. The zero-order valence-electron chi connectivity index (χ0n) is 10.1. The number of anilines is 1. The molecule has 94 valence electrons. The molecule has 1 aliphatic heterocycles. The highest BCUT2D eigenvalue weighted by Gasteiger charge is 2.21. The number of benzodiazepines with no additional fused rings is 1. The van der Waals surface area contributed by atoms with E-state index in [2.05, 4.69) is 4.99 Å². The summed E-state index contributed by atoms with van der Waals surface area (Å²) in [7, 11) is 0. The quantitative estimate of drug-likeness (QED) is 0.585. The Bertz CT molecular complexity index is 652. The molecule has 0 unspecified atom stereocenters. The van der Waals surface area contributed by atoms with E-state index in [1.54, 1.807) is 0 Å². The predicted molar refractivity (Wildman–Crippen MR) is 84.3 cm³/mol. The van der Waals surface area contributed by atoms with Crippen molar-refractivity contribution in [2.45, 2.75) is 0 Å². The number of rotatable bonds is 1. The van der Waals surface area contributed by atoms with Crippen LogP contribution in [0.3, 0.4) is 0 Å².